The monoisotopic (exact) mass is 686 g/mol. The van der Waals surface area contributed by atoms with Crippen LogP contribution in [0.4, 0.5) is 5.69 Å². The second kappa shape index (κ2) is 12.3. The van der Waals surface area contributed by atoms with Crippen molar-refractivity contribution in [2.24, 2.45) is 0 Å². The summed E-state index contributed by atoms with van der Waals surface area (Å²) in [6, 6.07) is 2.56. The number of aliphatic carboxylic acids is 1. The molecule has 11 atom stereocenters. The number of hydrogen-bond donors (Lipinski definition) is 12. The highest BCUT2D eigenvalue weighted by molar-refractivity contribution is 7.61. The minimum atomic E-state index is -5.76. The van der Waals surface area contributed by atoms with Crippen LogP contribution in [0.2, 0.25) is 0 Å². The number of nitrogens with one attached hydrogen (secondary N) is 2. The summed E-state index contributed by atoms with van der Waals surface area (Å²) in [5, 5.41) is 71.7. The van der Waals surface area contributed by atoms with Crippen LogP contribution in [0, 0.1) is 0 Å². The number of phenolic OH excluding ortho intramolecular Hbond substituents is 1. The number of ether oxygens (including phenoxy) is 2. The van der Waals surface area contributed by atoms with E-state index in [4.69, 9.17) is 20.3 Å². The molecule has 2 saturated heterocycles. The van der Waals surface area contributed by atoms with Gasteiger partial charge in [0.25, 0.3) is 0 Å². The fourth-order valence-electron chi connectivity index (χ4n) is 4.61. The number of aliphatic hydroxyl groups is 5. The van der Waals surface area contributed by atoms with Gasteiger partial charge >= 0.3 is 21.6 Å². The van der Waals surface area contributed by atoms with Crippen LogP contribution in [0.3, 0.4) is 0 Å². The zero-order valence-corrected chi connectivity index (χ0v) is 24.1. The predicted octanol–water partition coefficient (Wildman–Crippen LogP) is -3.79. The number of carbonyl (C=O) groups is 1. The van der Waals surface area contributed by atoms with Gasteiger partial charge in [-0.05, 0) is 6.07 Å². The van der Waals surface area contributed by atoms with Gasteiger partial charge in [-0.2, -0.15) is 4.31 Å². The van der Waals surface area contributed by atoms with Crippen LogP contribution in [0.15, 0.2) is 30.4 Å². The highest BCUT2D eigenvalue weighted by atomic mass is 31.3. The smallest absolute Gasteiger partial charge is 0.483 e. The molecule has 25 heteroatoms. The number of fused-ring (bicyclic) bond motifs is 1. The van der Waals surface area contributed by atoms with Gasteiger partial charge < -0.3 is 70.7 Å². The molecule has 45 heavy (non-hydrogen) atoms. The second-order valence-corrected chi connectivity index (χ2v) is 12.8. The third-order valence-electron chi connectivity index (χ3n) is 6.71. The van der Waals surface area contributed by atoms with E-state index in [1.54, 1.807) is 0 Å². The highest BCUT2D eigenvalue weighted by Gasteiger charge is 2.52. The number of carboxylic acids is 1. The lowest BCUT2D eigenvalue weighted by Crippen LogP contribution is -2.61. The molecule has 5 rings (SSSR count). The number of anilines is 1. The number of nitrogens with zero attached hydrogens (tertiary/aromatic N) is 3. The SMILES string of the molecule is Nc1cc(O)c2ncn([C@@H]3O[C@H](OP(=O)(O)OP(=O)(O)O[C@H]4O[C@@H](CN5NC=C(C(=O)O)N5)[C@@H](O)[C@@H](O)[C@@H]4O)[C@@H](O)[C@H]3O)c2c1. The lowest BCUT2D eigenvalue weighted by molar-refractivity contribution is -0.279. The molecule has 2 unspecified atom stereocenters. The van der Waals surface area contributed by atoms with Crippen LogP contribution in [0.25, 0.3) is 11.0 Å². The van der Waals surface area contributed by atoms with Crippen molar-refractivity contribution in [1.82, 2.24) is 25.5 Å². The summed E-state index contributed by atoms with van der Waals surface area (Å²) in [5.74, 6) is -1.66. The molecule has 2 aromatic rings. The Balaban J connectivity index is 1.23. The first-order valence-electron chi connectivity index (χ1n) is 12.6. The van der Waals surface area contributed by atoms with Crippen LogP contribution in [-0.4, -0.2) is 122 Å². The number of phenols is 1. The van der Waals surface area contributed by atoms with Crippen LogP contribution < -0.4 is 16.6 Å². The Morgan fingerprint density at radius 2 is 1.60 bits per heavy atom. The fourth-order valence-corrected chi connectivity index (χ4v) is 6.84. The molecule has 3 aliphatic rings. The number of aromatic hydroxyl groups is 1. The first-order chi connectivity index (χ1) is 21.0. The Kier molecular flexibility index (Phi) is 9.16. The van der Waals surface area contributed by atoms with Gasteiger partial charge in [0.1, 0.15) is 47.9 Å². The predicted molar refractivity (Wildman–Crippen MR) is 140 cm³/mol. The summed E-state index contributed by atoms with van der Waals surface area (Å²) in [6.07, 6.45) is -15.3. The number of phosphoric acid groups is 2. The van der Waals surface area contributed by atoms with Gasteiger partial charge in [-0.15, -0.1) is 5.12 Å². The maximum atomic E-state index is 12.6. The van der Waals surface area contributed by atoms with Gasteiger partial charge in [-0.1, -0.05) is 0 Å². The van der Waals surface area contributed by atoms with Crippen molar-refractivity contribution in [3.63, 3.8) is 0 Å². The normalized spacial score (nSPS) is 34.9. The van der Waals surface area contributed by atoms with E-state index in [0.717, 1.165) is 22.2 Å². The number of hydrazine groups is 2. The lowest BCUT2D eigenvalue weighted by Gasteiger charge is -2.41. The van der Waals surface area contributed by atoms with E-state index in [1.165, 1.54) is 12.1 Å². The molecule has 2 fully saturated rings. The van der Waals surface area contributed by atoms with E-state index in [2.05, 4.69) is 29.2 Å². The molecule has 4 heterocycles. The minimum absolute atomic E-state index is 0.0371. The zero-order valence-electron chi connectivity index (χ0n) is 22.3. The number of phosphoric ester groups is 2. The molecule has 1 aromatic carbocycles. The Morgan fingerprint density at radius 3 is 2.22 bits per heavy atom. The van der Waals surface area contributed by atoms with Crippen molar-refractivity contribution in [1.29, 1.82) is 0 Å². The number of nitrogens with two attached hydrogens (primary N) is 1. The minimum Gasteiger partial charge on any atom is -0.506 e. The van der Waals surface area contributed by atoms with Gasteiger partial charge in [0.2, 0.25) is 0 Å². The number of benzene rings is 1. The van der Waals surface area contributed by atoms with Crippen molar-refractivity contribution in [3.05, 3.63) is 30.4 Å². The molecule has 0 aliphatic carbocycles. The number of imidazole rings is 1. The average Bonchev–Trinajstić information content (AvgIpc) is 3.64. The molecule has 0 radical (unpaired) electrons. The summed E-state index contributed by atoms with van der Waals surface area (Å²) in [6.45, 7) is -0.449. The molecule has 0 saturated carbocycles. The number of aliphatic hydroxyl groups excluding tert-OH is 5. The number of nitrogen functional groups attached to an aromatic ring is 1. The van der Waals surface area contributed by atoms with Gasteiger partial charge in [-0.3, -0.25) is 14.5 Å². The maximum Gasteiger partial charge on any atom is 0.483 e. The maximum absolute atomic E-state index is 12.6. The van der Waals surface area contributed by atoms with Crippen LogP contribution >= 0.6 is 15.6 Å². The molecule has 13 N–H and O–H groups in total. The van der Waals surface area contributed by atoms with E-state index in [-0.39, 0.29) is 28.2 Å². The van der Waals surface area contributed by atoms with Crippen molar-refractivity contribution >= 4 is 38.3 Å². The van der Waals surface area contributed by atoms with Gasteiger partial charge in [-0.25, -0.2) is 18.9 Å². The Morgan fingerprint density at radius 1 is 0.978 bits per heavy atom. The molecule has 23 nitrogen and oxygen atoms in total. The van der Waals surface area contributed by atoms with E-state index < -0.39 is 83.6 Å². The summed E-state index contributed by atoms with van der Waals surface area (Å²) in [7, 11) is -11.5. The van der Waals surface area contributed by atoms with Crippen molar-refractivity contribution < 1.29 is 82.3 Å². The first-order valence-corrected chi connectivity index (χ1v) is 15.6. The van der Waals surface area contributed by atoms with Crippen LogP contribution in [-0.2, 0) is 36.8 Å². The Hall–Kier alpha value is -2.96. The Labute approximate surface area is 250 Å². The summed E-state index contributed by atoms with van der Waals surface area (Å²) < 4.78 is 50.5. The molecule has 1 aromatic heterocycles. The number of aromatic nitrogens is 2. The number of carboxylic acid groups (broad SMARTS) is 1. The Bertz CT molecular complexity index is 1580. The quantitative estimate of drug-likeness (QED) is 0.0842. The zero-order chi connectivity index (χ0) is 33.0. The topological polar surface area (TPSA) is 351 Å². The van der Waals surface area contributed by atoms with Gasteiger partial charge in [0.05, 0.1) is 18.4 Å². The summed E-state index contributed by atoms with van der Waals surface area (Å²) in [4.78, 5) is 35.3. The summed E-state index contributed by atoms with van der Waals surface area (Å²) in [5.41, 5.74) is 10.5. The van der Waals surface area contributed by atoms with E-state index >= 15 is 0 Å². The molecular formula is C20H28N6O17P2. The fraction of sp³-hybridized carbons (Fsp3) is 0.500. The largest absolute Gasteiger partial charge is 0.506 e. The molecule has 0 spiro atoms. The third-order valence-corrected chi connectivity index (χ3v) is 9.31. The average molecular weight is 686 g/mol. The van der Waals surface area contributed by atoms with Gasteiger partial charge in [0, 0.05) is 18.0 Å². The number of rotatable bonds is 10. The number of hydrogen-bond acceptors (Lipinski definition) is 19. The van der Waals surface area contributed by atoms with Crippen molar-refractivity contribution in [2.75, 3.05) is 12.3 Å². The van der Waals surface area contributed by atoms with Crippen LogP contribution in [0.5, 0.6) is 5.75 Å². The van der Waals surface area contributed by atoms with Crippen molar-refractivity contribution in [3.8, 4) is 5.75 Å². The molecule has 3 aliphatic heterocycles. The first kappa shape index (κ1) is 33.4. The molecule has 250 valence electrons. The second-order valence-electron chi connectivity index (χ2n) is 9.89. The standard InChI is InChI=1S/C20H28N6O17P2/c21-6-1-8-11(9(27)2-6)22-5-25(8)17-14(30)16(32)20(40-17)42-45(37,38)43-44(35,36)41-19-15(31)13(29)12(28)10(39-19)4-26-23-3-7(24-26)18(33)34/h1-3,5,10,12-17,19-20,23-24,27-32H,4,21H2,(H,33,34)(H,35,36)(H,37,38)/t10-,12+,13+,14+,15-,16-,17+,19+,20+/m0/s1. The van der Waals surface area contributed by atoms with E-state index in [0.29, 0.717) is 0 Å². The molecular weight excluding hydrogens is 658 g/mol. The lowest BCUT2D eigenvalue weighted by atomic mass is 9.99. The van der Waals surface area contributed by atoms with E-state index in [1.807, 2.05) is 0 Å². The van der Waals surface area contributed by atoms with Crippen molar-refractivity contribution in [2.45, 2.75) is 55.4 Å². The summed E-state index contributed by atoms with van der Waals surface area (Å²) >= 11 is 0. The van der Waals surface area contributed by atoms with Crippen LogP contribution in [0.1, 0.15) is 6.23 Å². The molecule has 0 bridgehead atoms. The van der Waals surface area contributed by atoms with Gasteiger partial charge in [0.15, 0.2) is 24.5 Å². The molecule has 0 amide bonds. The highest BCUT2D eigenvalue weighted by Crippen LogP contribution is 2.62. The van der Waals surface area contributed by atoms with E-state index in [9.17, 15) is 54.4 Å². The third kappa shape index (κ3) is 6.92.